The van der Waals surface area contributed by atoms with Gasteiger partial charge in [0.2, 0.25) is 0 Å². The first kappa shape index (κ1) is 81.1. The summed E-state index contributed by atoms with van der Waals surface area (Å²) in [7, 11) is 0. The Morgan fingerprint density at radius 1 is 0.833 bits per heavy atom. The third-order valence-electron chi connectivity index (χ3n) is 0. The molecule has 0 saturated carbocycles. The summed E-state index contributed by atoms with van der Waals surface area (Å²) in [5.41, 5.74) is 0. The Morgan fingerprint density at radius 2 is 0.833 bits per heavy atom. The largest absolute Gasteiger partial charge is 2.00 e. The first-order valence-corrected chi connectivity index (χ1v) is 0.610. The quantitative estimate of drug-likeness (QED) is 0.191. The van der Waals surface area contributed by atoms with Crippen LogP contribution in [0.4, 0.5) is 0 Å². The second kappa shape index (κ2) is 146. The molecule has 12 heteroatoms. The van der Waals surface area contributed by atoms with Gasteiger partial charge >= 0.3 is 37.7 Å². The Labute approximate surface area is 141 Å². The standard InChI is InChI=1S/Ca.4Mn.H2O3.H2O2.2H2O/c;;;;;1-3-2;1-2;;/h;;;;;1-2H;1-2H;2*1H2/q+2;;;;;;;;/p+2. The van der Waals surface area contributed by atoms with Crippen molar-refractivity contribution in [3.63, 3.8) is 0 Å². The molecule has 0 unspecified atom stereocenters. The van der Waals surface area contributed by atoms with Crippen LogP contribution in [-0.2, 0) is 73.3 Å². The number of rotatable bonds is 0. The summed E-state index contributed by atoms with van der Waals surface area (Å²) in [5.74, 6) is 0. The predicted octanol–water partition coefficient (Wildman–Crippen LogP) is -3.74. The molecular formula is H10CaMn4O7+4. The summed E-state index contributed by atoms with van der Waals surface area (Å²) in [6.45, 7) is 0. The van der Waals surface area contributed by atoms with E-state index < -0.39 is 0 Å². The zero-order chi connectivity index (χ0) is 4.71. The van der Waals surface area contributed by atoms with Crippen molar-refractivity contribution in [2.75, 3.05) is 0 Å². The fourth-order valence-electron chi connectivity index (χ4n) is 0. The van der Waals surface area contributed by atoms with Crippen LogP contribution in [0, 0.1) is 0 Å². The second-order valence-electron chi connectivity index (χ2n) is 0.0913. The minimum Gasteiger partial charge on any atom is -0.412 e. The molecule has 0 atom stereocenters. The maximum atomic E-state index is 6.74. The zero-order valence-electron chi connectivity index (χ0n) is 5.52. The summed E-state index contributed by atoms with van der Waals surface area (Å²) in [6, 6.07) is 0. The molecule has 12 heavy (non-hydrogen) atoms. The Morgan fingerprint density at radius 3 is 0.833 bits per heavy atom. The molecule has 0 fully saturated rings. The average Bonchev–Trinajstić information content (AvgIpc) is 1.46. The van der Waals surface area contributed by atoms with Gasteiger partial charge in [-0.1, -0.05) is 0 Å². The van der Waals surface area contributed by atoms with Crippen LogP contribution in [0.5, 0.6) is 0 Å². The number of hydrogen-bond donors (Lipinski definition) is 2. The van der Waals surface area contributed by atoms with Gasteiger partial charge in [-0.15, -0.1) is 5.26 Å². The van der Waals surface area contributed by atoms with Crippen molar-refractivity contribution in [2.24, 2.45) is 0 Å². The van der Waals surface area contributed by atoms with Gasteiger partial charge in [0, 0.05) is 68.3 Å². The first-order chi connectivity index (χ1) is 2.41. The van der Waals surface area contributed by atoms with Crippen molar-refractivity contribution >= 4 is 37.7 Å². The number of hydrogen-bond acceptors (Lipinski definition) is 3. The van der Waals surface area contributed by atoms with Crippen LogP contribution >= 0.6 is 0 Å². The molecule has 0 aliphatic heterocycles. The van der Waals surface area contributed by atoms with Gasteiger partial charge in [-0.05, 0) is 0 Å². The third kappa shape index (κ3) is 203. The molecular weight excluding hydrogens is 372 g/mol. The molecule has 0 spiro atoms. The topological polar surface area (TPSA) is 158 Å². The van der Waals surface area contributed by atoms with E-state index in [1.165, 1.54) is 0 Å². The van der Waals surface area contributed by atoms with Crippen LogP contribution in [0.1, 0.15) is 0 Å². The Hall–Kier alpha value is 3.06. The van der Waals surface area contributed by atoms with E-state index >= 15 is 0 Å². The van der Waals surface area contributed by atoms with Gasteiger partial charge < -0.3 is 11.0 Å². The van der Waals surface area contributed by atoms with Crippen molar-refractivity contribution in [1.29, 1.82) is 0 Å². The van der Waals surface area contributed by atoms with E-state index in [1.54, 1.807) is 0 Å². The van der Waals surface area contributed by atoms with Gasteiger partial charge in [0.05, 0.1) is 5.04 Å². The van der Waals surface area contributed by atoms with E-state index in [4.69, 9.17) is 21.0 Å². The third-order valence-corrected chi connectivity index (χ3v) is 0. The maximum absolute atomic E-state index is 6.74. The van der Waals surface area contributed by atoms with Gasteiger partial charge in [0.15, 0.2) is 0 Å². The Balaban J connectivity index is -0.00000000138. The molecule has 0 saturated heterocycles. The Bertz CT molecular complexity index is 15.4. The normalized spacial score (nSPS) is 2.00. The van der Waals surface area contributed by atoms with E-state index in [-0.39, 0.29) is 117 Å². The van der Waals surface area contributed by atoms with Gasteiger partial charge in [0.1, 0.15) is 0 Å². The minimum absolute atomic E-state index is 0. The first-order valence-electron chi connectivity index (χ1n) is 0.610. The fraction of sp³-hybridized carbons (Fsp3) is 0. The monoisotopic (exact) mass is 382 g/mol. The van der Waals surface area contributed by atoms with E-state index in [2.05, 4.69) is 5.04 Å². The molecule has 0 amide bonds. The van der Waals surface area contributed by atoms with E-state index in [0.717, 1.165) is 0 Å². The summed E-state index contributed by atoms with van der Waals surface area (Å²) >= 11 is 0. The molecule has 0 heterocycles. The second-order valence-corrected chi connectivity index (χ2v) is 0.0913. The van der Waals surface area contributed by atoms with E-state index in [9.17, 15) is 0 Å². The zero-order valence-corrected chi connectivity index (χ0v) is 12.5. The van der Waals surface area contributed by atoms with Gasteiger partial charge in [-0.2, -0.15) is 5.26 Å². The van der Waals surface area contributed by atoms with E-state index in [1.807, 2.05) is 0 Å². The van der Waals surface area contributed by atoms with Crippen LogP contribution < -0.4 is 0 Å². The molecule has 0 aromatic heterocycles. The smallest absolute Gasteiger partial charge is 0.412 e. The molecule has 7 nitrogen and oxygen atoms in total. The van der Waals surface area contributed by atoms with Gasteiger partial charge in [0.25, 0.3) is 0 Å². The van der Waals surface area contributed by atoms with Crippen LogP contribution in [-0.4, -0.2) is 69.7 Å². The summed E-state index contributed by atoms with van der Waals surface area (Å²) < 4.78 is 0. The van der Waals surface area contributed by atoms with Crippen molar-refractivity contribution in [2.45, 2.75) is 0 Å². The van der Waals surface area contributed by atoms with Crippen molar-refractivity contribution in [3.8, 4) is 0 Å². The molecule has 10 N–H and O–H groups in total. The van der Waals surface area contributed by atoms with Gasteiger partial charge in [-0.3, -0.25) is 5.26 Å². The molecule has 0 aliphatic rings. The minimum atomic E-state index is 0. The average molecular weight is 382 g/mol. The van der Waals surface area contributed by atoms with Crippen molar-refractivity contribution in [3.05, 3.63) is 0 Å². The summed E-state index contributed by atoms with van der Waals surface area (Å²) in [6.07, 6.45) is 0. The summed E-state index contributed by atoms with van der Waals surface area (Å²) in [4.78, 5) is 0. The SMILES string of the molecule is O.O.OO[OH2+].O[OH2+].[Ca+2].[Mn].[Mn].[Mn].[Mn]. The molecule has 0 aromatic carbocycles. The molecule has 4 radical (unpaired) electrons. The molecule has 0 rings (SSSR count). The summed E-state index contributed by atoms with van der Waals surface area (Å²) in [5, 5.41) is 25.5. The van der Waals surface area contributed by atoms with Crippen LogP contribution in [0.15, 0.2) is 0 Å². The van der Waals surface area contributed by atoms with E-state index in [0.29, 0.717) is 0 Å². The molecule has 0 aliphatic carbocycles. The Kier molecular flexibility index (Phi) is 984. The fourth-order valence-corrected chi connectivity index (χ4v) is 0. The molecule has 78 valence electrons. The predicted molar refractivity (Wildman–Crippen MR) is 26.6 cm³/mol. The van der Waals surface area contributed by atoms with Crippen LogP contribution in [0.3, 0.4) is 0 Å². The van der Waals surface area contributed by atoms with Gasteiger partial charge in [-0.25, -0.2) is 5.26 Å². The van der Waals surface area contributed by atoms with Crippen LogP contribution in [0.2, 0.25) is 0 Å². The maximum Gasteiger partial charge on any atom is 2.00 e. The van der Waals surface area contributed by atoms with Crippen molar-refractivity contribution in [1.82, 2.24) is 0 Å². The van der Waals surface area contributed by atoms with Crippen LogP contribution in [0.25, 0.3) is 0 Å². The van der Waals surface area contributed by atoms with Crippen molar-refractivity contribution < 1.29 is 105 Å². The molecule has 0 aromatic rings. The molecule has 0 bridgehead atoms.